The normalized spacial score (nSPS) is 11.0. The summed E-state index contributed by atoms with van der Waals surface area (Å²) in [6.45, 7) is 1.22. The van der Waals surface area contributed by atoms with Crippen LogP contribution in [-0.4, -0.2) is 29.6 Å². The summed E-state index contributed by atoms with van der Waals surface area (Å²) in [6.07, 6.45) is 5.45. The number of nitro groups is 1. The van der Waals surface area contributed by atoms with E-state index in [1.54, 1.807) is 43.3 Å². The number of rotatable bonds is 9. The second kappa shape index (κ2) is 11.6. The predicted molar refractivity (Wildman–Crippen MR) is 127 cm³/mol. The van der Waals surface area contributed by atoms with Gasteiger partial charge in [-0.05, 0) is 55.0 Å². The van der Waals surface area contributed by atoms with Crippen molar-refractivity contribution in [3.8, 4) is 11.5 Å². The molecule has 174 valence electrons. The first-order valence-electron chi connectivity index (χ1n) is 9.74. The average Bonchev–Trinajstić information content (AvgIpc) is 3.32. The van der Waals surface area contributed by atoms with Gasteiger partial charge in [-0.15, -0.1) is 0 Å². The molecule has 3 aromatic rings. The number of esters is 1. The summed E-state index contributed by atoms with van der Waals surface area (Å²) >= 11 is 3.32. The maximum Gasteiger partial charge on any atom is 0.336 e. The van der Waals surface area contributed by atoms with Crippen LogP contribution in [0.15, 0.2) is 74.9 Å². The lowest BCUT2D eigenvalue weighted by Gasteiger charge is -2.07. The van der Waals surface area contributed by atoms with Crippen molar-refractivity contribution >= 4 is 45.8 Å². The summed E-state index contributed by atoms with van der Waals surface area (Å²) in [7, 11) is 0. The van der Waals surface area contributed by atoms with Gasteiger partial charge in [-0.1, -0.05) is 22.0 Å². The number of hydrazone groups is 1. The molecule has 0 aliphatic carbocycles. The fourth-order valence-electron chi connectivity index (χ4n) is 2.63. The average molecular weight is 528 g/mol. The van der Waals surface area contributed by atoms with E-state index in [9.17, 15) is 19.7 Å². The van der Waals surface area contributed by atoms with Crippen LogP contribution in [0.2, 0.25) is 0 Å². The number of amides is 1. The van der Waals surface area contributed by atoms with E-state index in [4.69, 9.17) is 13.9 Å². The molecular weight excluding hydrogens is 510 g/mol. The second-order valence-corrected chi connectivity index (χ2v) is 7.68. The van der Waals surface area contributed by atoms with E-state index in [1.807, 2.05) is 0 Å². The topological polar surface area (TPSA) is 133 Å². The Bertz CT molecular complexity index is 1250. The van der Waals surface area contributed by atoms with Gasteiger partial charge in [0, 0.05) is 22.2 Å². The lowest BCUT2D eigenvalue weighted by molar-refractivity contribution is -0.385. The first-order chi connectivity index (χ1) is 16.3. The minimum Gasteiger partial charge on any atom is -0.477 e. The van der Waals surface area contributed by atoms with Gasteiger partial charge in [0.1, 0.15) is 11.5 Å². The summed E-state index contributed by atoms with van der Waals surface area (Å²) in [5.74, 6) is -0.595. The van der Waals surface area contributed by atoms with Crippen molar-refractivity contribution in [3.05, 3.63) is 92.3 Å². The molecule has 0 radical (unpaired) electrons. The van der Waals surface area contributed by atoms with E-state index >= 15 is 0 Å². The van der Waals surface area contributed by atoms with E-state index in [1.165, 1.54) is 36.8 Å². The van der Waals surface area contributed by atoms with Crippen molar-refractivity contribution in [1.29, 1.82) is 0 Å². The SMILES string of the molecule is Cc1ccc(OCC(=O)N/N=C/c2cc(Br)ccc2OC(=O)/C=C/c2ccco2)c([N+](=O)[O-])c1. The van der Waals surface area contributed by atoms with Crippen LogP contribution in [0.25, 0.3) is 6.08 Å². The highest BCUT2D eigenvalue weighted by Gasteiger charge is 2.16. The Morgan fingerprint density at radius 2 is 2.00 bits per heavy atom. The molecule has 1 N–H and O–H groups in total. The molecule has 0 bridgehead atoms. The lowest BCUT2D eigenvalue weighted by atomic mass is 10.2. The molecule has 0 saturated heterocycles. The van der Waals surface area contributed by atoms with Crippen LogP contribution in [-0.2, 0) is 9.59 Å². The quantitative estimate of drug-likeness (QED) is 0.109. The fourth-order valence-corrected chi connectivity index (χ4v) is 3.01. The van der Waals surface area contributed by atoms with Crippen LogP contribution in [0.3, 0.4) is 0 Å². The number of carbonyl (C=O) groups is 2. The number of nitrogens with zero attached hydrogens (tertiary/aromatic N) is 2. The number of aryl methyl sites for hydroxylation is 1. The molecule has 1 heterocycles. The molecule has 1 amide bonds. The van der Waals surface area contributed by atoms with Crippen LogP contribution in [0.1, 0.15) is 16.9 Å². The lowest BCUT2D eigenvalue weighted by Crippen LogP contribution is -2.24. The maximum absolute atomic E-state index is 12.1. The number of nitrogens with one attached hydrogen (secondary N) is 1. The van der Waals surface area contributed by atoms with Gasteiger partial charge in [-0.3, -0.25) is 14.9 Å². The number of furan rings is 1. The molecule has 34 heavy (non-hydrogen) atoms. The molecule has 3 rings (SSSR count). The largest absolute Gasteiger partial charge is 0.477 e. The molecule has 0 atom stereocenters. The summed E-state index contributed by atoms with van der Waals surface area (Å²) in [6, 6.07) is 12.7. The zero-order valence-corrected chi connectivity index (χ0v) is 19.4. The van der Waals surface area contributed by atoms with Crippen LogP contribution in [0, 0.1) is 17.0 Å². The number of benzene rings is 2. The number of halogens is 1. The molecule has 0 unspecified atom stereocenters. The number of hydrogen-bond donors (Lipinski definition) is 1. The van der Waals surface area contributed by atoms with E-state index < -0.39 is 23.4 Å². The molecule has 0 fully saturated rings. The third kappa shape index (κ3) is 7.14. The Kier molecular flexibility index (Phi) is 8.30. The van der Waals surface area contributed by atoms with E-state index in [-0.39, 0.29) is 17.2 Å². The van der Waals surface area contributed by atoms with Crippen LogP contribution in [0.5, 0.6) is 11.5 Å². The predicted octanol–water partition coefficient (Wildman–Crippen LogP) is 4.41. The van der Waals surface area contributed by atoms with Gasteiger partial charge in [0.15, 0.2) is 12.4 Å². The highest BCUT2D eigenvalue weighted by molar-refractivity contribution is 9.10. The minimum absolute atomic E-state index is 0.0291. The van der Waals surface area contributed by atoms with Crippen molar-refractivity contribution in [2.45, 2.75) is 6.92 Å². The van der Waals surface area contributed by atoms with Crippen molar-refractivity contribution < 1.29 is 28.4 Å². The van der Waals surface area contributed by atoms with Crippen LogP contribution < -0.4 is 14.9 Å². The summed E-state index contributed by atoms with van der Waals surface area (Å²) < 4.78 is 16.4. The van der Waals surface area contributed by atoms with Gasteiger partial charge in [0.2, 0.25) is 0 Å². The summed E-state index contributed by atoms with van der Waals surface area (Å²) in [5, 5.41) is 15.0. The summed E-state index contributed by atoms with van der Waals surface area (Å²) in [5.41, 5.74) is 3.12. The zero-order chi connectivity index (χ0) is 24.5. The minimum atomic E-state index is -0.638. The third-order valence-electron chi connectivity index (χ3n) is 4.17. The number of carbonyl (C=O) groups excluding carboxylic acids is 2. The van der Waals surface area contributed by atoms with Crippen molar-refractivity contribution in [2.24, 2.45) is 5.10 Å². The van der Waals surface area contributed by atoms with Gasteiger partial charge in [-0.2, -0.15) is 5.10 Å². The number of nitro benzene ring substituents is 1. The molecule has 0 aliphatic heterocycles. The first-order valence-corrected chi connectivity index (χ1v) is 10.5. The Morgan fingerprint density at radius 1 is 1.21 bits per heavy atom. The van der Waals surface area contributed by atoms with Crippen molar-refractivity contribution in [1.82, 2.24) is 5.43 Å². The van der Waals surface area contributed by atoms with Gasteiger partial charge in [0.25, 0.3) is 5.91 Å². The standard InChI is InChI=1S/C23H18BrN3O7/c1-15-4-7-21(19(11-15)27(30)31)33-14-22(28)26-25-13-16-12-17(24)5-8-20(16)34-23(29)9-6-18-3-2-10-32-18/h2-13H,14H2,1H3,(H,26,28)/b9-6+,25-13+. The third-order valence-corrected chi connectivity index (χ3v) is 4.67. The Labute approximate surface area is 202 Å². The van der Waals surface area contributed by atoms with Crippen molar-refractivity contribution in [3.63, 3.8) is 0 Å². The molecule has 0 aliphatic rings. The van der Waals surface area contributed by atoms with E-state index in [0.29, 0.717) is 21.4 Å². The fraction of sp³-hybridized carbons (Fsp3) is 0.0870. The van der Waals surface area contributed by atoms with Gasteiger partial charge < -0.3 is 13.9 Å². The molecular formula is C23H18BrN3O7. The molecule has 0 saturated carbocycles. The Hall–Kier alpha value is -4.25. The highest BCUT2D eigenvalue weighted by Crippen LogP contribution is 2.27. The monoisotopic (exact) mass is 527 g/mol. The molecule has 11 heteroatoms. The Balaban J connectivity index is 1.60. The van der Waals surface area contributed by atoms with E-state index in [0.717, 1.165) is 0 Å². The van der Waals surface area contributed by atoms with Gasteiger partial charge >= 0.3 is 11.7 Å². The summed E-state index contributed by atoms with van der Waals surface area (Å²) in [4.78, 5) is 34.7. The van der Waals surface area contributed by atoms with Crippen LogP contribution >= 0.6 is 15.9 Å². The van der Waals surface area contributed by atoms with Gasteiger partial charge in [-0.25, -0.2) is 10.2 Å². The van der Waals surface area contributed by atoms with Crippen LogP contribution in [0.4, 0.5) is 5.69 Å². The first kappa shape index (κ1) is 24.4. The smallest absolute Gasteiger partial charge is 0.336 e. The number of hydrogen-bond acceptors (Lipinski definition) is 8. The highest BCUT2D eigenvalue weighted by atomic mass is 79.9. The Morgan fingerprint density at radius 3 is 2.74 bits per heavy atom. The van der Waals surface area contributed by atoms with E-state index in [2.05, 4.69) is 26.5 Å². The second-order valence-electron chi connectivity index (χ2n) is 6.76. The number of ether oxygens (including phenoxy) is 2. The van der Waals surface area contributed by atoms with Gasteiger partial charge in [0.05, 0.1) is 17.4 Å². The van der Waals surface area contributed by atoms with Crippen molar-refractivity contribution in [2.75, 3.05) is 6.61 Å². The zero-order valence-electron chi connectivity index (χ0n) is 17.8. The molecule has 2 aromatic carbocycles. The molecule has 1 aromatic heterocycles. The maximum atomic E-state index is 12.1. The molecule has 0 spiro atoms. The molecule has 10 nitrogen and oxygen atoms in total.